The van der Waals surface area contributed by atoms with Gasteiger partial charge in [-0.15, -0.1) is 0 Å². The van der Waals surface area contributed by atoms with Crippen molar-refractivity contribution in [1.82, 2.24) is 4.98 Å². The number of H-pyrrole nitrogens is 1. The van der Waals surface area contributed by atoms with Crippen LogP contribution in [0.4, 0.5) is 5.69 Å². The number of benzene rings is 1. The molecule has 0 saturated heterocycles. The lowest BCUT2D eigenvalue weighted by Gasteiger charge is -2.10. The number of ketones is 1. The van der Waals surface area contributed by atoms with Crippen molar-refractivity contribution >= 4 is 29.0 Å². The van der Waals surface area contributed by atoms with Gasteiger partial charge in [0.1, 0.15) is 0 Å². The van der Waals surface area contributed by atoms with Crippen LogP contribution in [0, 0.1) is 0 Å². The standard InChI is InChI=1S/C14H14ClN3O2/c15-9-3-4-11(18-13(19)5-6-16)10(8-9)14(20)12-2-1-7-17-12/h1-4,7-8,17H,5-6,16H2,(H,18,19). The average Bonchev–Trinajstić information content (AvgIpc) is 2.94. The number of hydrogen-bond donors (Lipinski definition) is 3. The van der Waals surface area contributed by atoms with Crippen LogP contribution in [0.5, 0.6) is 0 Å². The summed E-state index contributed by atoms with van der Waals surface area (Å²) in [5.74, 6) is -0.476. The highest BCUT2D eigenvalue weighted by molar-refractivity contribution is 6.31. The average molecular weight is 292 g/mol. The third kappa shape index (κ3) is 3.26. The lowest BCUT2D eigenvalue weighted by atomic mass is 10.1. The molecular weight excluding hydrogens is 278 g/mol. The Labute approximate surface area is 121 Å². The Hall–Kier alpha value is -2.11. The van der Waals surface area contributed by atoms with Gasteiger partial charge in [-0.25, -0.2) is 0 Å². The Balaban J connectivity index is 2.33. The van der Waals surface area contributed by atoms with Crippen molar-refractivity contribution < 1.29 is 9.59 Å². The highest BCUT2D eigenvalue weighted by atomic mass is 35.5. The Morgan fingerprint density at radius 2 is 2.10 bits per heavy atom. The number of rotatable bonds is 5. The van der Waals surface area contributed by atoms with E-state index in [1.165, 1.54) is 6.07 Å². The van der Waals surface area contributed by atoms with Crippen LogP contribution in [0.3, 0.4) is 0 Å². The zero-order valence-corrected chi connectivity index (χ0v) is 11.4. The predicted octanol–water partition coefficient (Wildman–Crippen LogP) is 2.19. The van der Waals surface area contributed by atoms with Crippen molar-refractivity contribution in [3.8, 4) is 0 Å². The second-order valence-corrected chi connectivity index (χ2v) is 4.63. The fourth-order valence-electron chi connectivity index (χ4n) is 1.77. The highest BCUT2D eigenvalue weighted by Gasteiger charge is 2.16. The summed E-state index contributed by atoms with van der Waals surface area (Å²) in [6.07, 6.45) is 1.85. The molecule has 1 aromatic carbocycles. The van der Waals surface area contributed by atoms with Gasteiger partial charge in [-0.05, 0) is 30.3 Å². The van der Waals surface area contributed by atoms with Crippen LogP contribution in [0.15, 0.2) is 36.5 Å². The van der Waals surface area contributed by atoms with E-state index in [1.807, 2.05) is 0 Å². The molecule has 1 aromatic heterocycles. The molecule has 0 saturated carbocycles. The maximum Gasteiger partial charge on any atom is 0.225 e. The number of halogens is 1. The molecule has 0 bridgehead atoms. The minimum atomic E-state index is -0.240. The molecule has 2 rings (SSSR count). The number of hydrogen-bond acceptors (Lipinski definition) is 3. The van der Waals surface area contributed by atoms with E-state index >= 15 is 0 Å². The van der Waals surface area contributed by atoms with Crippen LogP contribution in [0.25, 0.3) is 0 Å². The van der Waals surface area contributed by atoms with Crippen molar-refractivity contribution in [1.29, 1.82) is 0 Å². The third-order valence-corrected chi connectivity index (χ3v) is 2.95. The Morgan fingerprint density at radius 3 is 2.75 bits per heavy atom. The first-order valence-corrected chi connectivity index (χ1v) is 6.47. The summed E-state index contributed by atoms with van der Waals surface area (Å²) in [6.45, 7) is 0.249. The van der Waals surface area contributed by atoms with Gasteiger partial charge in [0.2, 0.25) is 11.7 Å². The molecule has 0 aliphatic carbocycles. The predicted molar refractivity (Wildman–Crippen MR) is 78.0 cm³/mol. The smallest absolute Gasteiger partial charge is 0.225 e. The largest absolute Gasteiger partial charge is 0.359 e. The minimum absolute atomic E-state index is 0.193. The molecule has 0 aliphatic heterocycles. The van der Waals surface area contributed by atoms with Crippen molar-refractivity contribution in [3.63, 3.8) is 0 Å². The third-order valence-electron chi connectivity index (χ3n) is 2.71. The van der Waals surface area contributed by atoms with Crippen LogP contribution < -0.4 is 11.1 Å². The number of carbonyl (C=O) groups is 2. The van der Waals surface area contributed by atoms with Crippen molar-refractivity contribution in [3.05, 3.63) is 52.8 Å². The van der Waals surface area contributed by atoms with Gasteiger partial charge in [0.05, 0.1) is 11.4 Å². The SMILES string of the molecule is NCCC(=O)Nc1ccc(Cl)cc1C(=O)c1ccc[nH]1. The van der Waals surface area contributed by atoms with Gasteiger partial charge in [-0.1, -0.05) is 11.6 Å². The summed E-state index contributed by atoms with van der Waals surface area (Å²) >= 11 is 5.92. The van der Waals surface area contributed by atoms with Crippen LogP contribution in [0.1, 0.15) is 22.5 Å². The molecule has 0 aliphatic rings. The maximum absolute atomic E-state index is 12.4. The second-order valence-electron chi connectivity index (χ2n) is 4.19. The van der Waals surface area contributed by atoms with Gasteiger partial charge in [-0.2, -0.15) is 0 Å². The number of aromatic amines is 1. The van der Waals surface area contributed by atoms with Crippen molar-refractivity contribution in [2.75, 3.05) is 11.9 Å². The van der Waals surface area contributed by atoms with Gasteiger partial charge in [0.25, 0.3) is 0 Å². The second kappa shape index (κ2) is 6.36. The zero-order valence-electron chi connectivity index (χ0n) is 10.7. The van der Waals surface area contributed by atoms with Crippen molar-refractivity contribution in [2.24, 2.45) is 5.73 Å². The van der Waals surface area contributed by atoms with Crippen LogP contribution in [-0.4, -0.2) is 23.2 Å². The van der Waals surface area contributed by atoms with E-state index in [9.17, 15) is 9.59 Å². The van der Waals surface area contributed by atoms with Crippen LogP contribution in [0.2, 0.25) is 5.02 Å². The number of aromatic nitrogens is 1. The number of anilines is 1. The molecule has 0 unspecified atom stereocenters. The fourth-order valence-corrected chi connectivity index (χ4v) is 1.95. The fraction of sp³-hybridized carbons (Fsp3) is 0.143. The van der Waals surface area contributed by atoms with E-state index in [0.29, 0.717) is 22.0 Å². The van der Waals surface area contributed by atoms with E-state index in [-0.39, 0.29) is 24.7 Å². The summed E-state index contributed by atoms with van der Waals surface area (Å²) in [7, 11) is 0. The van der Waals surface area contributed by atoms with Crippen LogP contribution in [-0.2, 0) is 4.79 Å². The molecule has 20 heavy (non-hydrogen) atoms. The molecule has 0 spiro atoms. The van der Waals surface area contributed by atoms with E-state index in [4.69, 9.17) is 17.3 Å². The number of nitrogens with two attached hydrogens (primary N) is 1. The summed E-state index contributed by atoms with van der Waals surface area (Å²) in [6, 6.07) is 8.14. The lowest BCUT2D eigenvalue weighted by Crippen LogP contribution is -2.18. The molecule has 0 atom stereocenters. The van der Waals surface area contributed by atoms with Gasteiger partial charge in [0.15, 0.2) is 0 Å². The first-order chi connectivity index (χ1) is 9.61. The maximum atomic E-state index is 12.4. The lowest BCUT2D eigenvalue weighted by molar-refractivity contribution is -0.116. The molecular formula is C14H14ClN3O2. The van der Waals surface area contributed by atoms with E-state index < -0.39 is 0 Å². The van der Waals surface area contributed by atoms with Gasteiger partial charge in [-0.3, -0.25) is 9.59 Å². The normalized spacial score (nSPS) is 10.3. The molecule has 1 heterocycles. The quantitative estimate of drug-likeness (QED) is 0.738. The first-order valence-electron chi connectivity index (χ1n) is 6.09. The van der Waals surface area contributed by atoms with E-state index in [2.05, 4.69) is 10.3 Å². The molecule has 2 aromatic rings. The molecule has 6 heteroatoms. The van der Waals surface area contributed by atoms with E-state index in [1.54, 1.807) is 30.5 Å². The molecule has 4 N–H and O–H groups in total. The van der Waals surface area contributed by atoms with Gasteiger partial charge >= 0.3 is 0 Å². The highest BCUT2D eigenvalue weighted by Crippen LogP contribution is 2.23. The Bertz CT molecular complexity index is 623. The summed E-state index contributed by atoms with van der Waals surface area (Å²) < 4.78 is 0. The number of carbonyl (C=O) groups excluding carboxylic acids is 2. The number of amides is 1. The molecule has 5 nitrogen and oxygen atoms in total. The summed E-state index contributed by atoms with van der Waals surface area (Å²) in [5, 5.41) is 3.10. The molecule has 0 radical (unpaired) electrons. The van der Waals surface area contributed by atoms with Gasteiger partial charge < -0.3 is 16.0 Å². The van der Waals surface area contributed by atoms with Crippen LogP contribution >= 0.6 is 11.6 Å². The minimum Gasteiger partial charge on any atom is -0.359 e. The van der Waals surface area contributed by atoms with Crippen molar-refractivity contribution in [2.45, 2.75) is 6.42 Å². The molecule has 104 valence electrons. The number of nitrogens with one attached hydrogen (secondary N) is 2. The van der Waals surface area contributed by atoms with Gasteiger partial charge in [0, 0.05) is 29.7 Å². The summed E-state index contributed by atoms with van der Waals surface area (Å²) in [4.78, 5) is 26.8. The molecule has 1 amide bonds. The first kappa shape index (κ1) is 14.3. The monoisotopic (exact) mass is 291 g/mol. The summed E-state index contributed by atoms with van der Waals surface area (Å²) in [5.41, 5.74) is 6.52. The molecule has 0 fully saturated rings. The zero-order chi connectivity index (χ0) is 14.5. The topological polar surface area (TPSA) is 88.0 Å². The Kier molecular flexibility index (Phi) is 4.55. The van der Waals surface area contributed by atoms with E-state index in [0.717, 1.165) is 0 Å². The Morgan fingerprint density at radius 1 is 1.30 bits per heavy atom.